The molecule has 0 aromatic heterocycles. The summed E-state index contributed by atoms with van der Waals surface area (Å²) in [4.78, 5) is 15.1. The first kappa shape index (κ1) is 14.7. The maximum absolute atomic E-state index is 12.7. The van der Waals surface area contributed by atoms with Crippen molar-refractivity contribution in [3.8, 4) is 5.75 Å². The van der Waals surface area contributed by atoms with E-state index in [0.29, 0.717) is 12.8 Å². The van der Waals surface area contributed by atoms with Crippen LogP contribution in [0.3, 0.4) is 0 Å². The van der Waals surface area contributed by atoms with Gasteiger partial charge in [0.25, 0.3) is 0 Å². The Balaban J connectivity index is 1.80. The van der Waals surface area contributed by atoms with E-state index in [2.05, 4.69) is 23.6 Å². The molecule has 2 fully saturated rings. The summed E-state index contributed by atoms with van der Waals surface area (Å²) in [5.41, 5.74) is 2.01. The minimum absolute atomic E-state index is 0.0320. The number of piperidine rings is 1. The summed E-state index contributed by atoms with van der Waals surface area (Å²) in [5.74, 6) is 1.01. The van der Waals surface area contributed by atoms with Crippen LogP contribution in [0.25, 0.3) is 0 Å². The van der Waals surface area contributed by atoms with Crippen molar-refractivity contribution < 1.29 is 14.6 Å². The predicted molar refractivity (Wildman–Crippen MR) is 90.3 cm³/mol. The van der Waals surface area contributed by atoms with Gasteiger partial charge in [-0.15, -0.1) is 6.58 Å². The van der Waals surface area contributed by atoms with Crippen molar-refractivity contribution in [2.75, 3.05) is 13.1 Å². The molecule has 4 atom stereocenters. The lowest BCUT2D eigenvalue weighted by Gasteiger charge is -2.62. The molecule has 4 aliphatic rings. The normalized spacial score (nSPS) is 39.3. The van der Waals surface area contributed by atoms with Crippen LogP contribution in [0.15, 0.2) is 24.8 Å². The van der Waals surface area contributed by atoms with Crippen LogP contribution >= 0.6 is 0 Å². The number of carbonyl (C=O) groups is 1. The van der Waals surface area contributed by atoms with Crippen LogP contribution in [0.4, 0.5) is 0 Å². The Kier molecular flexibility index (Phi) is 2.75. The van der Waals surface area contributed by atoms with Crippen LogP contribution in [0.1, 0.15) is 36.0 Å². The van der Waals surface area contributed by atoms with Crippen molar-refractivity contribution in [3.63, 3.8) is 0 Å². The number of carbonyl (C=O) groups excluding carboxylic acids is 1. The molecule has 2 aliphatic carbocycles. The molecule has 5 rings (SSSR count). The minimum Gasteiger partial charge on any atom is -0.481 e. The Hall–Kier alpha value is -1.65. The maximum Gasteiger partial charge on any atom is 0.174 e. The summed E-state index contributed by atoms with van der Waals surface area (Å²) in [7, 11) is 0. The molecule has 2 unspecified atom stereocenters. The Bertz CT molecular complexity index is 772. The first-order valence-electron chi connectivity index (χ1n) is 8.92. The molecule has 1 aromatic carbocycles. The second kappa shape index (κ2) is 4.50. The third kappa shape index (κ3) is 1.42. The summed E-state index contributed by atoms with van der Waals surface area (Å²) in [6.07, 6.45) is 3.93. The number of nitrogens with zero attached hydrogens (tertiary/aromatic N) is 1. The van der Waals surface area contributed by atoms with Crippen molar-refractivity contribution in [3.05, 3.63) is 41.5 Å². The van der Waals surface area contributed by atoms with Gasteiger partial charge >= 0.3 is 0 Å². The van der Waals surface area contributed by atoms with Crippen LogP contribution in [0.5, 0.6) is 5.75 Å². The average molecular weight is 325 g/mol. The molecule has 24 heavy (non-hydrogen) atoms. The summed E-state index contributed by atoms with van der Waals surface area (Å²) < 4.78 is 6.23. The lowest BCUT2D eigenvalue weighted by Crippen LogP contribution is -2.76. The molecule has 126 valence electrons. The number of likely N-dealkylation sites (tertiary alicyclic amines) is 1. The second-order valence-electron chi connectivity index (χ2n) is 7.86. The van der Waals surface area contributed by atoms with E-state index in [1.54, 1.807) is 0 Å². The highest BCUT2D eigenvalue weighted by molar-refractivity contribution is 5.89. The topological polar surface area (TPSA) is 49.8 Å². The van der Waals surface area contributed by atoms with Gasteiger partial charge in [0, 0.05) is 31.1 Å². The molecule has 1 saturated carbocycles. The largest absolute Gasteiger partial charge is 0.481 e. The lowest BCUT2D eigenvalue weighted by atomic mass is 9.49. The number of ether oxygens (including phenoxy) is 1. The summed E-state index contributed by atoms with van der Waals surface area (Å²) >= 11 is 0. The van der Waals surface area contributed by atoms with E-state index in [9.17, 15) is 9.90 Å². The van der Waals surface area contributed by atoms with Gasteiger partial charge in [-0.2, -0.15) is 0 Å². The van der Waals surface area contributed by atoms with E-state index >= 15 is 0 Å². The first-order chi connectivity index (χ1) is 11.5. The molecule has 0 radical (unpaired) electrons. The number of hydrogen-bond acceptors (Lipinski definition) is 4. The number of aryl methyl sites for hydroxylation is 1. The Morgan fingerprint density at radius 3 is 3.08 bits per heavy atom. The SMILES string of the molecule is C=CCN1CCC23c4c5ccc(C)c4OC2C(=O)CC[C@]3(O)[C@@H]1C5. The molecule has 2 bridgehead atoms. The molecule has 2 heterocycles. The molecule has 1 aromatic rings. The standard InChI is InChI=1S/C20H23NO3/c1-3-9-21-10-8-19-16-13-5-4-12(2)17(16)24-18(19)14(22)6-7-20(19,23)15(21)11-13/h3-5,15,18,23H,1,6-11H2,2H3/t15-,18?,19?,20-/m0/s1. The van der Waals surface area contributed by atoms with Gasteiger partial charge in [-0.1, -0.05) is 18.2 Å². The zero-order valence-corrected chi connectivity index (χ0v) is 14.0. The van der Waals surface area contributed by atoms with E-state index in [4.69, 9.17) is 4.74 Å². The summed E-state index contributed by atoms with van der Waals surface area (Å²) in [6.45, 7) is 7.56. The number of hydrogen-bond donors (Lipinski definition) is 1. The highest BCUT2D eigenvalue weighted by Crippen LogP contribution is 2.63. The van der Waals surface area contributed by atoms with Gasteiger partial charge < -0.3 is 9.84 Å². The first-order valence-corrected chi connectivity index (χ1v) is 8.92. The van der Waals surface area contributed by atoms with Gasteiger partial charge in [0.15, 0.2) is 11.9 Å². The lowest BCUT2D eigenvalue weighted by molar-refractivity contribution is -0.187. The number of benzene rings is 1. The molecule has 2 aliphatic heterocycles. The fraction of sp³-hybridized carbons (Fsp3) is 0.550. The molecule has 0 amide bonds. The van der Waals surface area contributed by atoms with Gasteiger partial charge in [0.1, 0.15) is 5.75 Å². The quantitative estimate of drug-likeness (QED) is 0.844. The van der Waals surface area contributed by atoms with Crippen molar-refractivity contribution in [1.82, 2.24) is 4.90 Å². The molecule has 1 N–H and O–H groups in total. The van der Waals surface area contributed by atoms with Gasteiger partial charge in [0.2, 0.25) is 0 Å². The van der Waals surface area contributed by atoms with E-state index in [1.165, 1.54) is 5.56 Å². The zero-order valence-electron chi connectivity index (χ0n) is 14.0. The van der Waals surface area contributed by atoms with Crippen LogP contribution in [0, 0.1) is 6.92 Å². The molecular weight excluding hydrogens is 302 g/mol. The Labute approximate surface area is 142 Å². The molecule has 1 saturated heterocycles. The Morgan fingerprint density at radius 2 is 2.29 bits per heavy atom. The zero-order chi connectivity index (χ0) is 16.7. The highest BCUT2D eigenvalue weighted by Gasteiger charge is 2.72. The van der Waals surface area contributed by atoms with Crippen molar-refractivity contribution in [1.29, 1.82) is 0 Å². The smallest absolute Gasteiger partial charge is 0.174 e. The number of ketones is 1. The molecule has 4 heteroatoms. The van der Waals surface area contributed by atoms with Gasteiger partial charge in [-0.05, 0) is 37.3 Å². The summed E-state index contributed by atoms with van der Waals surface area (Å²) in [5, 5.41) is 11.9. The monoisotopic (exact) mass is 325 g/mol. The van der Waals surface area contributed by atoms with Crippen LogP contribution in [-0.4, -0.2) is 46.6 Å². The molecular formula is C20H23NO3. The third-order valence-electron chi connectivity index (χ3n) is 6.95. The fourth-order valence-corrected chi connectivity index (χ4v) is 5.95. The average Bonchev–Trinajstić information content (AvgIpc) is 2.91. The van der Waals surface area contributed by atoms with Crippen molar-refractivity contribution >= 4 is 5.78 Å². The van der Waals surface area contributed by atoms with Gasteiger partial charge in [0.05, 0.1) is 11.0 Å². The second-order valence-corrected chi connectivity index (χ2v) is 7.86. The predicted octanol–water partition coefficient (Wildman–Crippen LogP) is 1.90. The third-order valence-corrected chi connectivity index (χ3v) is 6.95. The fourth-order valence-electron chi connectivity index (χ4n) is 5.95. The highest BCUT2D eigenvalue weighted by atomic mass is 16.5. The van der Waals surface area contributed by atoms with Crippen LogP contribution in [0.2, 0.25) is 0 Å². The van der Waals surface area contributed by atoms with E-state index in [1.807, 2.05) is 13.0 Å². The number of aliphatic hydroxyl groups is 1. The minimum atomic E-state index is -0.890. The van der Waals surface area contributed by atoms with Gasteiger partial charge in [-0.3, -0.25) is 9.69 Å². The van der Waals surface area contributed by atoms with E-state index in [0.717, 1.165) is 42.8 Å². The number of Topliss-reactive ketones (excluding diaryl/α,β-unsaturated/α-hetero) is 1. The van der Waals surface area contributed by atoms with Crippen molar-refractivity contribution in [2.45, 2.75) is 55.8 Å². The van der Waals surface area contributed by atoms with E-state index in [-0.39, 0.29) is 11.8 Å². The molecule has 1 spiro atoms. The van der Waals surface area contributed by atoms with Gasteiger partial charge in [-0.25, -0.2) is 0 Å². The molecule has 4 nitrogen and oxygen atoms in total. The van der Waals surface area contributed by atoms with Crippen LogP contribution < -0.4 is 4.74 Å². The van der Waals surface area contributed by atoms with Crippen molar-refractivity contribution in [2.24, 2.45) is 0 Å². The maximum atomic E-state index is 12.7. The Morgan fingerprint density at radius 1 is 1.46 bits per heavy atom. The van der Waals surface area contributed by atoms with E-state index < -0.39 is 17.1 Å². The summed E-state index contributed by atoms with van der Waals surface area (Å²) in [6, 6.07) is 4.29. The number of rotatable bonds is 2. The van der Waals surface area contributed by atoms with Crippen LogP contribution in [-0.2, 0) is 16.6 Å².